The van der Waals surface area contributed by atoms with E-state index in [2.05, 4.69) is 16.3 Å². The highest BCUT2D eigenvalue weighted by Gasteiger charge is 2.19. The van der Waals surface area contributed by atoms with Crippen molar-refractivity contribution in [3.63, 3.8) is 0 Å². The smallest absolute Gasteiger partial charge is 0.129 e. The molecule has 0 radical (unpaired) electrons. The maximum absolute atomic E-state index is 9.17. The zero-order valence-electron chi connectivity index (χ0n) is 16.6. The number of nitrogens with zero attached hydrogens (tertiary/aromatic N) is 3. The normalized spacial score (nSPS) is 10.7. The third-order valence-corrected chi connectivity index (χ3v) is 5.58. The first-order chi connectivity index (χ1) is 14.8. The maximum Gasteiger partial charge on any atom is 0.129 e. The van der Waals surface area contributed by atoms with Gasteiger partial charge in [0.15, 0.2) is 0 Å². The number of para-hydroxylation sites is 1. The molecule has 150 valence electrons. The Morgan fingerprint density at radius 3 is 2.53 bits per heavy atom. The molecule has 7 heteroatoms. The quantitative estimate of drug-likeness (QED) is 0.397. The summed E-state index contributed by atoms with van der Waals surface area (Å²) in [5, 5.41) is 21.3. The molecule has 0 fully saturated rings. The number of aromatic nitrogens is 2. The van der Waals surface area contributed by atoms with Crippen LogP contribution in [-0.4, -0.2) is 37.6 Å². The highest BCUT2D eigenvalue weighted by molar-refractivity contribution is 7.17. The predicted molar refractivity (Wildman–Crippen MR) is 117 cm³/mol. The molecule has 2 heterocycles. The monoisotopic (exact) mass is 417 g/mol. The predicted octanol–water partition coefficient (Wildman–Crippen LogP) is 4.93. The van der Waals surface area contributed by atoms with Gasteiger partial charge in [-0.25, -0.2) is 0 Å². The van der Waals surface area contributed by atoms with E-state index < -0.39 is 0 Å². The third-order valence-electron chi connectivity index (χ3n) is 4.66. The number of methoxy groups -OCH3 is 2. The van der Waals surface area contributed by atoms with Gasteiger partial charge in [0.2, 0.25) is 0 Å². The SMILES string of the molecule is COCCOc1ccccc1-c1nnc(-c2ccc(C#N)cc2OC)c2ccsc12. The first-order valence-corrected chi connectivity index (χ1v) is 10.2. The zero-order chi connectivity index (χ0) is 20.9. The Labute approximate surface area is 178 Å². The van der Waals surface area contributed by atoms with Crippen molar-refractivity contribution in [2.75, 3.05) is 27.4 Å². The van der Waals surface area contributed by atoms with Crippen LogP contribution in [0, 0.1) is 11.3 Å². The molecule has 0 aliphatic rings. The van der Waals surface area contributed by atoms with Gasteiger partial charge in [0, 0.05) is 23.6 Å². The molecule has 0 bridgehead atoms. The Morgan fingerprint density at radius 1 is 0.933 bits per heavy atom. The van der Waals surface area contributed by atoms with E-state index in [0.717, 1.165) is 32.7 Å². The number of rotatable bonds is 7. The molecule has 4 rings (SSSR count). The van der Waals surface area contributed by atoms with Crippen LogP contribution in [0.1, 0.15) is 5.56 Å². The molecule has 0 aliphatic heterocycles. The molecule has 0 saturated carbocycles. The van der Waals surface area contributed by atoms with Crippen molar-refractivity contribution in [1.29, 1.82) is 5.26 Å². The van der Waals surface area contributed by atoms with Gasteiger partial charge in [-0.3, -0.25) is 0 Å². The van der Waals surface area contributed by atoms with Crippen molar-refractivity contribution < 1.29 is 14.2 Å². The molecule has 2 aromatic carbocycles. The number of hydrogen-bond donors (Lipinski definition) is 0. The van der Waals surface area contributed by atoms with Gasteiger partial charge in [0.05, 0.1) is 30.0 Å². The second kappa shape index (κ2) is 8.91. The molecule has 0 atom stereocenters. The molecule has 0 unspecified atom stereocenters. The molecule has 0 amide bonds. The minimum absolute atomic E-state index is 0.453. The lowest BCUT2D eigenvalue weighted by atomic mass is 10.0. The molecule has 0 saturated heterocycles. The minimum atomic E-state index is 0.453. The molecule has 4 aromatic rings. The van der Waals surface area contributed by atoms with Gasteiger partial charge in [0.1, 0.15) is 29.5 Å². The Bertz CT molecular complexity index is 1230. The van der Waals surface area contributed by atoms with Crippen LogP contribution in [0.25, 0.3) is 32.6 Å². The fourth-order valence-electron chi connectivity index (χ4n) is 3.23. The van der Waals surface area contributed by atoms with Crippen molar-refractivity contribution in [3.05, 3.63) is 59.5 Å². The van der Waals surface area contributed by atoms with Crippen molar-refractivity contribution in [1.82, 2.24) is 10.2 Å². The third kappa shape index (κ3) is 3.71. The highest BCUT2D eigenvalue weighted by Crippen LogP contribution is 2.41. The van der Waals surface area contributed by atoms with E-state index in [0.29, 0.717) is 30.2 Å². The van der Waals surface area contributed by atoms with Crippen molar-refractivity contribution in [2.24, 2.45) is 0 Å². The summed E-state index contributed by atoms with van der Waals surface area (Å²) in [6.45, 7) is 0.959. The molecular weight excluding hydrogens is 398 g/mol. The highest BCUT2D eigenvalue weighted by atomic mass is 32.1. The lowest BCUT2D eigenvalue weighted by Crippen LogP contribution is -2.05. The van der Waals surface area contributed by atoms with Gasteiger partial charge in [-0.1, -0.05) is 12.1 Å². The minimum Gasteiger partial charge on any atom is -0.496 e. The summed E-state index contributed by atoms with van der Waals surface area (Å²) in [6, 6.07) is 17.3. The number of nitriles is 1. The average molecular weight is 417 g/mol. The summed E-state index contributed by atoms with van der Waals surface area (Å²) in [7, 11) is 3.23. The van der Waals surface area contributed by atoms with Crippen molar-refractivity contribution in [3.8, 4) is 40.1 Å². The fourth-order valence-corrected chi connectivity index (χ4v) is 4.13. The Balaban J connectivity index is 1.83. The summed E-state index contributed by atoms with van der Waals surface area (Å²) in [5.74, 6) is 1.33. The average Bonchev–Trinajstić information content (AvgIpc) is 3.29. The van der Waals surface area contributed by atoms with E-state index in [-0.39, 0.29) is 0 Å². The summed E-state index contributed by atoms with van der Waals surface area (Å²) < 4.78 is 17.5. The van der Waals surface area contributed by atoms with Crippen LogP contribution in [0.15, 0.2) is 53.9 Å². The van der Waals surface area contributed by atoms with Crippen molar-refractivity contribution in [2.45, 2.75) is 0 Å². The lowest BCUT2D eigenvalue weighted by molar-refractivity contribution is 0.146. The molecule has 0 N–H and O–H groups in total. The van der Waals surface area contributed by atoms with Crippen LogP contribution in [0.5, 0.6) is 11.5 Å². The number of benzene rings is 2. The van der Waals surface area contributed by atoms with Crippen LogP contribution in [0.4, 0.5) is 0 Å². The van der Waals surface area contributed by atoms with Crippen LogP contribution < -0.4 is 9.47 Å². The van der Waals surface area contributed by atoms with Crippen LogP contribution >= 0.6 is 11.3 Å². The fraction of sp³-hybridized carbons (Fsp3) is 0.174. The van der Waals surface area contributed by atoms with E-state index in [1.54, 1.807) is 37.7 Å². The largest absolute Gasteiger partial charge is 0.496 e. The Morgan fingerprint density at radius 2 is 1.73 bits per heavy atom. The van der Waals surface area contributed by atoms with E-state index in [4.69, 9.17) is 14.2 Å². The Hall–Kier alpha value is -3.47. The van der Waals surface area contributed by atoms with Crippen molar-refractivity contribution >= 4 is 21.4 Å². The maximum atomic E-state index is 9.17. The van der Waals surface area contributed by atoms with E-state index in [1.807, 2.05) is 41.8 Å². The van der Waals surface area contributed by atoms with Gasteiger partial charge in [-0.15, -0.1) is 21.5 Å². The van der Waals surface area contributed by atoms with Crippen LogP contribution in [0.2, 0.25) is 0 Å². The van der Waals surface area contributed by atoms with E-state index >= 15 is 0 Å². The molecule has 2 aromatic heterocycles. The first-order valence-electron chi connectivity index (χ1n) is 9.30. The molecule has 30 heavy (non-hydrogen) atoms. The lowest BCUT2D eigenvalue weighted by Gasteiger charge is -2.13. The topological polar surface area (TPSA) is 77.3 Å². The summed E-state index contributed by atoms with van der Waals surface area (Å²) in [6.07, 6.45) is 0. The standard InChI is InChI=1S/C23H19N3O3S/c1-27-10-11-29-19-6-4-3-5-16(19)22-23-18(9-12-30-23)21(25-26-22)17-8-7-15(14-24)13-20(17)28-2/h3-9,12-13H,10-11H2,1-2H3. The van der Waals surface area contributed by atoms with Gasteiger partial charge in [0.25, 0.3) is 0 Å². The Kier molecular flexibility index (Phi) is 5.89. The van der Waals surface area contributed by atoms with Crippen LogP contribution in [0.3, 0.4) is 0 Å². The molecule has 0 aliphatic carbocycles. The van der Waals surface area contributed by atoms with Gasteiger partial charge >= 0.3 is 0 Å². The number of thiophene rings is 1. The molecule has 0 spiro atoms. The zero-order valence-corrected chi connectivity index (χ0v) is 17.4. The molecular formula is C23H19N3O3S. The summed E-state index contributed by atoms with van der Waals surface area (Å²) in [5.41, 5.74) is 3.69. The van der Waals surface area contributed by atoms with E-state index in [9.17, 15) is 5.26 Å². The van der Waals surface area contributed by atoms with Gasteiger partial charge in [-0.2, -0.15) is 5.26 Å². The number of fused-ring (bicyclic) bond motifs is 1. The first kappa shape index (κ1) is 19.8. The number of ether oxygens (including phenoxy) is 3. The van der Waals surface area contributed by atoms with Gasteiger partial charge < -0.3 is 14.2 Å². The van der Waals surface area contributed by atoms with Gasteiger partial charge in [-0.05, 0) is 41.8 Å². The summed E-state index contributed by atoms with van der Waals surface area (Å²) >= 11 is 1.60. The van der Waals surface area contributed by atoms with Crippen LogP contribution in [-0.2, 0) is 4.74 Å². The summed E-state index contributed by atoms with van der Waals surface area (Å²) in [4.78, 5) is 0. The molecule has 6 nitrogen and oxygen atoms in total. The second-order valence-corrected chi connectivity index (χ2v) is 7.34. The van der Waals surface area contributed by atoms with E-state index in [1.165, 1.54) is 0 Å². The number of hydrogen-bond acceptors (Lipinski definition) is 7. The second-order valence-electron chi connectivity index (χ2n) is 6.42.